The Labute approximate surface area is 151 Å². The largest absolute Gasteiger partial charge is 0.347 e. The maximum Gasteiger partial charge on any atom is 0.346 e. The van der Waals surface area contributed by atoms with Crippen LogP contribution in [0.5, 0.6) is 0 Å². The molecule has 0 saturated carbocycles. The maximum absolute atomic E-state index is 12.4. The highest BCUT2D eigenvalue weighted by Gasteiger charge is 2.18. The lowest BCUT2D eigenvalue weighted by Crippen LogP contribution is -2.34. The molecule has 1 N–H and O–H groups in total. The number of nitrogens with zero attached hydrogens (tertiary/aromatic N) is 6. The van der Waals surface area contributed by atoms with Gasteiger partial charge in [-0.25, -0.2) is 9.48 Å². The molecule has 2 aromatic heterocycles. The first-order valence-electron chi connectivity index (χ1n) is 9.56. The van der Waals surface area contributed by atoms with Crippen LogP contribution >= 0.6 is 0 Å². The number of hydrogen-bond donors (Lipinski definition) is 1. The van der Waals surface area contributed by atoms with Gasteiger partial charge in [0, 0.05) is 25.9 Å². The lowest BCUT2D eigenvalue weighted by Gasteiger charge is -2.08. The molecule has 26 heavy (non-hydrogen) atoms. The minimum Gasteiger partial charge on any atom is -0.347 e. The zero-order valence-corrected chi connectivity index (χ0v) is 15.0. The molecular weight excluding hydrogens is 334 g/mol. The molecular formula is C17H25N7O2. The van der Waals surface area contributed by atoms with Crippen LogP contribution in [-0.2, 0) is 43.8 Å². The minimum atomic E-state index is -0.230. The molecule has 9 nitrogen and oxygen atoms in total. The van der Waals surface area contributed by atoms with Crippen molar-refractivity contribution in [2.75, 3.05) is 0 Å². The molecule has 4 rings (SSSR count). The first kappa shape index (κ1) is 17.0. The minimum absolute atomic E-state index is 0.0557. The van der Waals surface area contributed by atoms with Gasteiger partial charge in [0.25, 0.3) is 0 Å². The zero-order valence-electron chi connectivity index (χ0n) is 15.0. The number of aromatic nitrogens is 6. The van der Waals surface area contributed by atoms with Crippen LogP contribution in [0.3, 0.4) is 0 Å². The predicted molar refractivity (Wildman–Crippen MR) is 93.5 cm³/mol. The summed E-state index contributed by atoms with van der Waals surface area (Å²) in [5, 5.41) is 15.6. The molecule has 0 radical (unpaired) electrons. The molecule has 140 valence electrons. The van der Waals surface area contributed by atoms with Crippen molar-refractivity contribution in [1.29, 1.82) is 0 Å². The van der Waals surface area contributed by atoms with Gasteiger partial charge in [-0.15, -0.1) is 10.2 Å². The van der Waals surface area contributed by atoms with Gasteiger partial charge in [0.05, 0.1) is 6.54 Å². The third kappa shape index (κ3) is 3.42. The second-order valence-electron chi connectivity index (χ2n) is 7.09. The Morgan fingerprint density at radius 3 is 2.46 bits per heavy atom. The Hall–Kier alpha value is -2.45. The summed E-state index contributed by atoms with van der Waals surface area (Å²) in [4.78, 5) is 24.7. The van der Waals surface area contributed by atoms with Gasteiger partial charge in [0.2, 0.25) is 5.91 Å². The van der Waals surface area contributed by atoms with E-state index in [1.54, 1.807) is 4.57 Å². The molecule has 2 aliphatic rings. The van der Waals surface area contributed by atoms with E-state index in [0.29, 0.717) is 13.1 Å². The van der Waals surface area contributed by atoms with Crippen LogP contribution in [0.4, 0.5) is 0 Å². The van der Waals surface area contributed by atoms with E-state index in [4.69, 9.17) is 0 Å². The molecule has 0 atom stereocenters. The van der Waals surface area contributed by atoms with Gasteiger partial charge < -0.3 is 9.88 Å². The Kier molecular flexibility index (Phi) is 4.85. The SMILES string of the molecule is O=C(Cn1nc2n(c1=O)CCCCC2)NCc1nnc2n1CCCCC2. The summed E-state index contributed by atoms with van der Waals surface area (Å²) < 4.78 is 5.09. The standard InChI is InChI=1S/C17H25N7O2/c25-16(12-24-17(26)23-10-6-2-4-8-14(23)21-24)18-11-15-20-19-13-7-3-1-5-9-22(13)15/h1-12H2,(H,18,25). The summed E-state index contributed by atoms with van der Waals surface area (Å²) in [5.74, 6) is 2.35. The highest BCUT2D eigenvalue weighted by Crippen LogP contribution is 2.14. The molecule has 0 aliphatic carbocycles. The van der Waals surface area contributed by atoms with Gasteiger partial charge in [0.15, 0.2) is 5.82 Å². The van der Waals surface area contributed by atoms with Gasteiger partial charge in [-0.05, 0) is 25.7 Å². The normalized spacial score (nSPS) is 17.1. The van der Waals surface area contributed by atoms with Gasteiger partial charge >= 0.3 is 5.69 Å². The Morgan fingerprint density at radius 1 is 0.923 bits per heavy atom. The lowest BCUT2D eigenvalue weighted by molar-refractivity contribution is -0.122. The quantitative estimate of drug-likeness (QED) is 0.852. The van der Waals surface area contributed by atoms with Gasteiger partial charge in [0.1, 0.15) is 18.2 Å². The molecule has 0 bridgehead atoms. The number of carbonyl (C=O) groups is 1. The van der Waals surface area contributed by atoms with Crippen LogP contribution in [0.1, 0.15) is 56.0 Å². The molecule has 1 amide bonds. The van der Waals surface area contributed by atoms with E-state index in [1.165, 1.54) is 11.1 Å². The van der Waals surface area contributed by atoms with Gasteiger partial charge in [-0.1, -0.05) is 12.8 Å². The van der Waals surface area contributed by atoms with E-state index >= 15 is 0 Å². The molecule has 0 unspecified atom stereocenters. The van der Waals surface area contributed by atoms with Crippen LogP contribution < -0.4 is 11.0 Å². The fourth-order valence-electron chi connectivity index (χ4n) is 3.77. The summed E-state index contributed by atoms with van der Waals surface area (Å²) >= 11 is 0. The molecule has 0 saturated heterocycles. The average molecular weight is 359 g/mol. The summed E-state index contributed by atoms with van der Waals surface area (Å²) in [6.07, 6.45) is 8.34. The summed E-state index contributed by atoms with van der Waals surface area (Å²) in [5.41, 5.74) is -0.187. The fourth-order valence-corrected chi connectivity index (χ4v) is 3.77. The third-order valence-corrected chi connectivity index (χ3v) is 5.20. The van der Waals surface area contributed by atoms with Crippen molar-refractivity contribution in [2.24, 2.45) is 0 Å². The van der Waals surface area contributed by atoms with Gasteiger partial charge in [-0.3, -0.25) is 9.36 Å². The molecule has 2 aromatic rings. The van der Waals surface area contributed by atoms with Crippen molar-refractivity contribution < 1.29 is 4.79 Å². The fraction of sp³-hybridized carbons (Fsp3) is 0.706. The number of carbonyl (C=O) groups excluding carboxylic acids is 1. The topological polar surface area (TPSA) is 99.6 Å². The number of nitrogens with one attached hydrogen (secondary N) is 1. The van der Waals surface area contributed by atoms with E-state index in [9.17, 15) is 9.59 Å². The molecule has 9 heteroatoms. The van der Waals surface area contributed by atoms with E-state index in [1.807, 2.05) is 0 Å². The average Bonchev–Trinajstić information content (AvgIpc) is 2.93. The molecule has 0 spiro atoms. The van der Waals surface area contributed by atoms with Crippen LogP contribution in [0.15, 0.2) is 4.79 Å². The second-order valence-corrected chi connectivity index (χ2v) is 7.09. The molecule has 4 heterocycles. The van der Waals surface area contributed by atoms with E-state index in [2.05, 4.69) is 25.2 Å². The molecule has 0 aromatic carbocycles. The summed E-state index contributed by atoms with van der Waals surface area (Å²) in [6, 6.07) is 0. The number of hydrogen-bond acceptors (Lipinski definition) is 5. The number of fused-ring (bicyclic) bond motifs is 2. The highest BCUT2D eigenvalue weighted by molar-refractivity contribution is 5.75. The maximum atomic E-state index is 12.4. The van der Waals surface area contributed by atoms with Gasteiger partial charge in [-0.2, -0.15) is 5.10 Å². The lowest BCUT2D eigenvalue weighted by atomic mass is 10.2. The van der Waals surface area contributed by atoms with Crippen LogP contribution in [0.25, 0.3) is 0 Å². The van der Waals surface area contributed by atoms with Crippen molar-refractivity contribution in [2.45, 2.75) is 77.5 Å². The Balaban J connectivity index is 1.39. The van der Waals surface area contributed by atoms with Crippen molar-refractivity contribution in [1.82, 2.24) is 34.4 Å². The number of amides is 1. The number of aryl methyl sites for hydroxylation is 2. The molecule has 2 aliphatic heterocycles. The third-order valence-electron chi connectivity index (χ3n) is 5.20. The molecule has 0 fully saturated rings. The van der Waals surface area contributed by atoms with Crippen LogP contribution in [-0.4, -0.2) is 35.0 Å². The summed E-state index contributed by atoms with van der Waals surface area (Å²) in [6.45, 7) is 1.87. The van der Waals surface area contributed by atoms with E-state index < -0.39 is 0 Å². The predicted octanol–water partition coefficient (Wildman–Crippen LogP) is 0.406. The van der Waals surface area contributed by atoms with Crippen molar-refractivity contribution >= 4 is 5.91 Å². The first-order chi connectivity index (χ1) is 12.7. The monoisotopic (exact) mass is 359 g/mol. The Bertz CT molecular complexity index is 848. The summed E-state index contributed by atoms with van der Waals surface area (Å²) in [7, 11) is 0. The van der Waals surface area contributed by atoms with Crippen LogP contribution in [0, 0.1) is 0 Å². The highest BCUT2D eigenvalue weighted by atomic mass is 16.2. The van der Waals surface area contributed by atoms with E-state index in [0.717, 1.165) is 69.0 Å². The Morgan fingerprint density at radius 2 is 1.65 bits per heavy atom. The number of rotatable bonds is 4. The smallest absolute Gasteiger partial charge is 0.346 e. The van der Waals surface area contributed by atoms with E-state index in [-0.39, 0.29) is 18.1 Å². The second kappa shape index (κ2) is 7.43. The first-order valence-corrected chi connectivity index (χ1v) is 9.56. The van der Waals surface area contributed by atoms with Crippen molar-refractivity contribution in [3.05, 3.63) is 28.0 Å². The van der Waals surface area contributed by atoms with Crippen molar-refractivity contribution in [3.8, 4) is 0 Å². The van der Waals surface area contributed by atoms with Crippen molar-refractivity contribution in [3.63, 3.8) is 0 Å². The zero-order chi connectivity index (χ0) is 17.9. The van der Waals surface area contributed by atoms with Crippen LogP contribution in [0.2, 0.25) is 0 Å².